The van der Waals surface area contributed by atoms with Gasteiger partial charge in [0, 0.05) is 23.2 Å². The van der Waals surface area contributed by atoms with Crippen LogP contribution >= 0.6 is 11.6 Å². The van der Waals surface area contributed by atoms with E-state index >= 15 is 0 Å². The Hall–Kier alpha value is -1.78. The Labute approximate surface area is 128 Å². The van der Waals surface area contributed by atoms with Crippen LogP contribution < -0.4 is 15.2 Å². The van der Waals surface area contributed by atoms with E-state index in [1.54, 1.807) is 19.2 Å². The van der Waals surface area contributed by atoms with Crippen molar-refractivity contribution < 1.29 is 13.9 Å². The Kier molecular flexibility index (Phi) is 5.04. The van der Waals surface area contributed by atoms with E-state index in [1.165, 1.54) is 12.1 Å². The molecule has 5 heteroatoms. The van der Waals surface area contributed by atoms with E-state index in [0.717, 1.165) is 5.56 Å². The molecule has 0 aromatic heterocycles. The van der Waals surface area contributed by atoms with E-state index in [-0.39, 0.29) is 18.5 Å². The Morgan fingerprint density at radius 2 is 2.00 bits per heavy atom. The predicted octanol–water partition coefficient (Wildman–Crippen LogP) is 4.09. The lowest BCUT2D eigenvalue weighted by Gasteiger charge is -2.15. The highest BCUT2D eigenvalue weighted by atomic mass is 35.5. The van der Waals surface area contributed by atoms with Crippen molar-refractivity contribution in [1.29, 1.82) is 0 Å². The van der Waals surface area contributed by atoms with Crippen LogP contribution in [0.15, 0.2) is 36.4 Å². The van der Waals surface area contributed by atoms with Gasteiger partial charge in [-0.1, -0.05) is 23.7 Å². The second kappa shape index (κ2) is 6.78. The van der Waals surface area contributed by atoms with Gasteiger partial charge in [-0.25, -0.2) is 4.39 Å². The van der Waals surface area contributed by atoms with Crippen LogP contribution in [0.5, 0.6) is 11.5 Å². The third kappa shape index (κ3) is 3.86. The van der Waals surface area contributed by atoms with E-state index in [1.807, 2.05) is 19.1 Å². The summed E-state index contributed by atoms with van der Waals surface area (Å²) in [6, 6.07) is 9.51. The molecule has 2 rings (SSSR count). The van der Waals surface area contributed by atoms with Crippen LogP contribution in [-0.2, 0) is 6.61 Å². The smallest absolute Gasteiger partial charge is 0.128 e. The number of halogens is 2. The fourth-order valence-corrected chi connectivity index (χ4v) is 2.16. The summed E-state index contributed by atoms with van der Waals surface area (Å²) < 4.78 is 24.0. The van der Waals surface area contributed by atoms with Gasteiger partial charge in [0.15, 0.2) is 0 Å². The number of nitrogens with two attached hydrogens (primary N) is 1. The molecule has 3 nitrogen and oxygen atoms in total. The molecule has 1 atom stereocenters. The van der Waals surface area contributed by atoms with E-state index < -0.39 is 0 Å². The van der Waals surface area contributed by atoms with Gasteiger partial charge in [-0.3, -0.25) is 0 Å². The lowest BCUT2D eigenvalue weighted by Crippen LogP contribution is -2.08. The maximum Gasteiger partial charge on any atom is 0.128 e. The fraction of sp³-hybridized carbons (Fsp3) is 0.250. The lowest BCUT2D eigenvalue weighted by molar-refractivity contribution is 0.299. The number of hydrogen-bond acceptors (Lipinski definition) is 3. The summed E-state index contributed by atoms with van der Waals surface area (Å²) in [7, 11) is 1.58. The van der Waals surface area contributed by atoms with Crippen LogP contribution in [0.2, 0.25) is 5.02 Å². The minimum Gasteiger partial charge on any atom is -0.497 e. The summed E-state index contributed by atoms with van der Waals surface area (Å²) in [6.07, 6.45) is 0. The predicted molar refractivity (Wildman–Crippen MR) is 81.3 cm³/mol. The van der Waals surface area contributed by atoms with Crippen molar-refractivity contribution in [3.05, 3.63) is 58.4 Å². The van der Waals surface area contributed by atoms with Crippen LogP contribution in [0.3, 0.4) is 0 Å². The molecule has 0 bridgehead atoms. The minimum absolute atomic E-state index is 0.172. The molecule has 0 saturated carbocycles. The standard InChI is InChI=1S/C16H17ClFNO2/c1-10(19)14-6-5-13(20-2)8-16(14)21-9-11-3-4-12(18)7-15(11)17/h3-8,10H,9,19H2,1-2H3/t10-/m0/s1. The fourth-order valence-electron chi connectivity index (χ4n) is 1.94. The first kappa shape index (κ1) is 15.6. The summed E-state index contributed by atoms with van der Waals surface area (Å²) in [4.78, 5) is 0. The Morgan fingerprint density at radius 3 is 2.62 bits per heavy atom. The van der Waals surface area contributed by atoms with Crippen molar-refractivity contribution in [2.24, 2.45) is 5.73 Å². The molecule has 0 aliphatic heterocycles. The van der Waals surface area contributed by atoms with Gasteiger partial charge in [0.2, 0.25) is 0 Å². The third-order valence-corrected chi connectivity index (χ3v) is 3.46. The van der Waals surface area contributed by atoms with Crippen molar-refractivity contribution in [3.63, 3.8) is 0 Å². The molecule has 2 aromatic carbocycles. The lowest BCUT2D eigenvalue weighted by atomic mass is 10.1. The molecular weight excluding hydrogens is 293 g/mol. The Bertz CT molecular complexity index is 632. The number of benzene rings is 2. The molecule has 0 amide bonds. The first-order valence-electron chi connectivity index (χ1n) is 6.51. The van der Waals surface area contributed by atoms with Crippen molar-refractivity contribution in [3.8, 4) is 11.5 Å². The topological polar surface area (TPSA) is 44.5 Å². The normalized spacial score (nSPS) is 12.0. The molecule has 0 unspecified atom stereocenters. The zero-order valence-electron chi connectivity index (χ0n) is 11.9. The van der Waals surface area contributed by atoms with E-state index in [0.29, 0.717) is 22.1 Å². The van der Waals surface area contributed by atoms with Crippen LogP contribution in [0.1, 0.15) is 24.1 Å². The van der Waals surface area contributed by atoms with Crippen LogP contribution in [0.25, 0.3) is 0 Å². The highest BCUT2D eigenvalue weighted by Crippen LogP contribution is 2.30. The van der Waals surface area contributed by atoms with Crippen LogP contribution in [0.4, 0.5) is 4.39 Å². The van der Waals surface area contributed by atoms with Crippen LogP contribution in [0, 0.1) is 5.82 Å². The summed E-state index contributed by atoms with van der Waals surface area (Å²) in [5, 5.41) is 0.334. The van der Waals surface area contributed by atoms with E-state index in [4.69, 9.17) is 26.8 Å². The number of methoxy groups -OCH3 is 1. The van der Waals surface area contributed by atoms with Gasteiger partial charge < -0.3 is 15.2 Å². The summed E-state index contributed by atoms with van der Waals surface area (Å²) >= 11 is 5.99. The molecule has 0 heterocycles. The number of rotatable bonds is 5. The highest BCUT2D eigenvalue weighted by molar-refractivity contribution is 6.31. The molecule has 112 valence electrons. The number of ether oxygens (including phenoxy) is 2. The zero-order chi connectivity index (χ0) is 15.4. The minimum atomic E-state index is -0.374. The van der Waals surface area contributed by atoms with Crippen molar-refractivity contribution >= 4 is 11.6 Å². The van der Waals surface area contributed by atoms with Crippen molar-refractivity contribution in [1.82, 2.24) is 0 Å². The van der Waals surface area contributed by atoms with Crippen LogP contribution in [-0.4, -0.2) is 7.11 Å². The third-order valence-electron chi connectivity index (χ3n) is 3.11. The van der Waals surface area contributed by atoms with Gasteiger partial charge in [0.05, 0.1) is 12.1 Å². The first-order chi connectivity index (χ1) is 10.0. The zero-order valence-corrected chi connectivity index (χ0v) is 12.7. The van der Waals surface area contributed by atoms with Crippen molar-refractivity contribution in [2.45, 2.75) is 19.6 Å². The molecule has 0 aliphatic carbocycles. The monoisotopic (exact) mass is 309 g/mol. The number of hydrogen-bond donors (Lipinski definition) is 1. The Morgan fingerprint density at radius 1 is 1.24 bits per heavy atom. The maximum atomic E-state index is 13.0. The highest BCUT2D eigenvalue weighted by Gasteiger charge is 2.11. The van der Waals surface area contributed by atoms with Gasteiger partial charge in [-0.15, -0.1) is 0 Å². The van der Waals surface area contributed by atoms with Crippen molar-refractivity contribution in [2.75, 3.05) is 7.11 Å². The van der Waals surface area contributed by atoms with Gasteiger partial charge in [0.25, 0.3) is 0 Å². The van der Waals surface area contributed by atoms with E-state index in [2.05, 4.69) is 0 Å². The summed E-state index contributed by atoms with van der Waals surface area (Å²) in [6.45, 7) is 2.10. The quantitative estimate of drug-likeness (QED) is 0.905. The van der Waals surface area contributed by atoms with Gasteiger partial charge >= 0.3 is 0 Å². The molecule has 0 spiro atoms. The first-order valence-corrected chi connectivity index (χ1v) is 6.89. The molecule has 21 heavy (non-hydrogen) atoms. The molecule has 2 aromatic rings. The van der Waals surface area contributed by atoms with Gasteiger partial charge in [-0.05, 0) is 25.1 Å². The molecule has 2 N–H and O–H groups in total. The SMILES string of the molecule is COc1ccc([C@H](C)N)c(OCc2ccc(F)cc2Cl)c1. The maximum absolute atomic E-state index is 13.0. The average Bonchev–Trinajstić information content (AvgIpc) is 2.45. The molecule has 0 radical (unpaired) electrons. The Balaban J connectivity index is 2.22. The molecular formula is C16H17ClFNO2. The largest absolute Gasteiger partial charge is 0.497 e. The molecule has 0 fully saturated rings. The average molecular weight is 310 g/mol. The van der Waals surface area contributed by atoms with Gasteiger partial charge in [-0.2, -0.15) is 0 Å². The molecule has 0 aliphatic rings. The second-order valence-corrected chi connectivity index (χ2v) is 5.12. The molecule has 0 saturated heterocycles. The second-order valence-electron chi connectivity index (χ2n) is 4.72. The summed E-state index contributed by atoms with van der Waals surface area (Å²) in [5.41, 5.74) is 7.50. The van der Waals surface area contributed by atoms with Gasteiger partial charge in [0.1, 0.15) is 23.9 Å². The summed E-state index contributed by atoms with van der Waals surface area (Å²) in [5.74, 6) is 0.936. The van der Waals surface area contributed by atoms with E-state index in [9.17, 15) is 4.39 Å².